The summed E-state index contributed by atoms with van der Waals surface area (Å²) in [5.74, 6) is -0.256. The number of rotatable bonds is 5. The molecule has 0 aliphatic carbocycles. The summed E-state index contributed by atoms with van der Waals surface area (Å²) in [6.45, 7) is 1.47. The summed E-state index contributed by atoms with van der Waals surface area (Å²) in [6, 6.07) is 13.5. The quantitative estimate of drug-likeness (QED) is 0.787. The number of carbonyl (C=O) groups excluding carboxylic acids is 1. The second-order valence-electron chi connectivity index (χ2n) is 6.38. The lowest BCUT2D eigenvalue weighted by Crippen LogP contribution is -2.35. The Kier molecular flexibility index (Phi) is 5.58. The van der Waals surface area contributed by atoms with E-state index in [1.165, 1.54) is 0 Å². The summed E-state index contributed by atoms with van der Waals surface area (Å²) in [6.07, 6.45) is 2.90. The Labute approximate surface area is 154 Å². The second-order valence-corrected chi connectivity index (χ2v) is 8.32. The number of nitrogens with zero attached hydrogens (tertiary/aromatic N) is 1. The predicted molar refractivity (Wildman–Crippen MR) is 101 cm³/mol. The molecule has 0 bridgehead atoms. The molecule has 1 amide bonds. The summed E-state index contributed by atoms with van der Waals surface area (Å²) in [5.41, 5.74) is 7.47. The minimum Gasteiger partial charge on any atom is -0.398 e. The number of nitrogens with one attached hydrogen (secondary N) is 1. The van der Waals surface area contributed by atoms with Gasteiger partial charge in [0.05, 0.1) is 10.5 Å². The van der Waals surface area contributed by atoms with E-state index in [2.05, 4.69) is 5.32 Å². The molecule has 1 aliphatic heterocycles. The summed E-state index contributed by atoms with van der Waals surface area (Å²) in [7, 11) is -3.43. The molecule has 138 valence electrons. The lowest BCUT2D eigenvalue weighted by Gasteiger charge is -2.25. The summed E-state index contributed by atoms with van der Waals surface area (Å²) in [5, 5.41) is 2.80. The first kappa shape index (κ1) is 18.4. The van der Waals surface area contributed by atoms with E-state index >= 15 is 0 Å². The van der Waals surface area contributed by atoms with Crippen molar-refractivity contribution in [3.63, 3.8) is 0 Å². The Morgan fingerprint density at radius 1 is 1.00 bits per heavy atom. The number of nitrogens with two attached hydrogens (primary N) is 1. The highest BCUT2D eigenvalue weighted by molar-refractivity contribution is 7.89. The summed E-state index contributed by atoms with van der Waals surface area (Å²) >= 11 is 0. The highest BCUT2D eigenvalue weighted by Gasteiger charge is 2.25. The highest BCUT2D eigenvalue weighted by atomic mass is 32.2. The third-order valence-corrected chi connectivity index (χ3v) is 6.45. The molecule has 3 rings (SSSR count). The van der Waals surface area contributed by atoms with E-state index in [0.29, 0.717) is 35.8 Å². The fourth-order valence-corrected chi connectivity index (χ4v) is 4.53. The van der Waals surface area contributed by atoms with Crippen LogP contribution in [0.2, 0.25) is 0 Å². The Hall–Kier alpha value is -2.38. The number of para-hydroxylation sites is 1. The maximum atomic E-state index is 12.6. The van der Waals surface area contributed by atoms with Crippen molar-refractivity contribution in [2.45, 2.75) is 30.7 Å². The smallest absolute Gasteiger partial charge is 0.253 e. The fraction of sp³-hybridized carbons (Fsp3) is 0.316. The predicted octanol–water partition coefficient (Wildman–Crippen LogP) is 2.37. The van der Waals surface area contributed by atoms with Gasteiger partial charge in [-0.3, -0.25) is 4.79 Å². The van der Waals surface area contributed by atoms with Gasteiger partial charge in [0.25, 0.3) is 5.91 Å². The van der Waals surface area contributed by atoms with E-state index < -0.39 is 10.0 Å². The van der Waals surface area contributed by atoms with Crippen LogP contribution < -0.4 is 11.1 Å². The molecule has 1 fully saturated rings. The number of benzene rings is 2. The topological polar surface area (TPSA) is 92.5 Å². The minimum absolute atomic E-state index is 0.256. The van der Waals surface area contributed by atoms with Crippen molar-refractivity contribution in [2.75, 3.05) is 18.8 Å². The van der Waals surface area contributed by atoms with Gasteiger partial charge in [-0.15, -0.1) is 0 Å². The van der Waals surface area contributed by atoms with Crippen LogP contribution in [-0.4, -0.2) is 31.7 Å². The van der Waals surface area contributed by atoms with Crippen LogP contribution in [0.15, 0.2) is 53.4 Å². The molecule has 0 unspecified atom stereocenters. The molecule has 0 saturated carbocycles. The third kappa shape index (κ3) is 4.05. The molecule has 26 heavy (non-hydrogen) atoms. The van der Waals surface area contributed by atoms with Crippen molar-refractivity contribution in [2.24, 2.45) is 0 Å². The Bertz CT molecular complexity index is 873. The fourth-order valence-electron chi connectivity index (χ4n) is 3.01. The van der Waals surface area contributed by atoms with Crippen LogP contribution in [0.4, 0.5) is 5.69 Å². The molecule has 7 heteroatoms. The first-order chi connectivity index (χ1) is 12.5. The molecule has 1 aliphatic rings. The van der Waals surface area contributed by atoms with Gasteiger partial charge in [-0.05, 0) is 42.7 Å². The maximum absolute atomic E-state index is 12.6. The number of piperidine rings is 1. The maximum Gasteiger partial charge on any atom is 0.253 e. The molecule has 6 nitrogen and oxygen atoms in total. The second kappa shape index (κ2) is 7.88. The molecular formula is C19H23N3O3S. The van der Waals surface area contributed by atoms with Gasteiger partial charge >= 0.3 is 0 Å². The van der Waals surface area contributed by atoms with Crippen molar-refractivity contribution < 1.29 is 13.2 Å². The van der Waals surface area contributed by atoms with Gasteiger partial charge in [-0.2, -0.15) is 4.31 Å². The number of nitrogen functional groups attached to an aromatic ring is 1. The van der Waals surface area contributed by atoms with E-state index in [4.69, 9.17) is 5.73 Å². The zero-order valence-corrected chi connectivity index (χ0v) is 15.3. The van der Waals surface area contributed by atoms with E-state index in [9.17, 15) is 13.2 Å². The molecule has 0 spiro atoms. The summed E-state index contributed by atoms with van der Waals surface area (Å²) in [4.78, 5) is 12.5. The van der Waals surface area contributed by atoms with Crippen LogP contribution in [0.5, 0.6) is 0 Å². The number of hydrogen-bond acceptors (Lipinski definition) is 4. The molecule has 2 aromatic carbocycles. The van der Waals surface area contributed by atoms with Gasteiger partial charge in [0.2, 0.25) is 10.0 Å². The van der Waals surface area contributed by atoms with Crippen molar-refractivity contribution in [1.82, 2.24) is 9.62 Å². The zero-order valence-electron chi connectivity index (χ0n) is 14.5. The van der Waals surface area contributed by atoms with Gasteiger partial charge in [-0.25, -0.2) is 8.42 Å². The molecule has 0 radical (unpaired) electrons. The van der Waals surface area contributed by atoms with E-state index in [-0.39, 0.29) is 5.91 Å². The highest BCUT2D eigenvalue weighted by Crippen LogP contribution is 2.21. The molecule has 2 aromatic rings. The van der Waals surface area contributed by atoms with E-state index in [1.807, 2.05) is 0 Å². The van der Waals surface area contributed by atoms with Crippen LogP contribution in [-0.2, 0) is 16.6 Å². The summed E-state index contributed by atoms with van der Waals surface area (Å²) < 4.78 is 26.8. The number of carbonyl (C=O) groups is 1. The van der Waals surface area contributed by atoms with Crippen molar-refractivity contribution in [3.05, 3.63) is 59.7 Å². The van der Waals surface area contributed by atoms with Crippen molar-refractivity contribution >= 4 is 21.6 Å². The Balaban J connectivity index is 1.64. The molecule has 1 heterocycles. The van der Waals surface area contributed by atoms with Gasteiger partial charge < -0.3 is 11.1 Å². The molecular weight excluding hydrogens is 350 g/mol. The molecule has 0 aromatic heterocycles. The van der Waals surface area contributed by atoms with Gasteiger partial charge in [0.1, 0.15) is 0 Å². The first-order valence-electron chi connectivity index (χ1n) is 8.70. The monoisotopic (exact) mass is 373 g/mol. The van der Waals surface area contributed by atoms with Gasteiger partial charge in [0, 0.05) is 25.3 Å². The normalized spacial score (nSPS) is 15.5. The van der Waals surface area contributed by atoms with Crippen LogP contribution in [0, 0.1) is 0 Å². The SMILES string of the molecule is Nc1ccccc1C(=O)NCc1ccc(S(=O)(=O)N2CCCCC2)cc1. The molecule has 0 atom stereocenters. The Morgan fingerprint density at radius 2 is 1.65 bits per heavy atom. The van der Waals surface area contributed by atoms with Gasteiger partial charge in [0.15, 0.2) is 0 Å². The average Bonchev–Trinajstić information content (AvgIpc) is 2.67. The third-order valence-electron chi connectivity index (χ3n) is 4.53. The number of hydrogen-bond donors (Lipinski definition) is 2. The van der Waals surface area contributed by atoms with Gasteiger partial charge in [-0.1, -0.05) is 30.7 Å². The molecule has 3 N–H and O–H groups in total. The lowest BCUT2D eigenvalue weighted by molar-refractivity contribution is 0.0952. The Morgan fingerprint density at radius 3 is 2.31 bits per heavy atom. The average molecular weight is 373 g/mol. The van der Waals surface area contributed by atoms with Crippen LogP contribution >= 0.6 is 0 Å². The van der Waals surface area contributed by atoms with Crippen LogP contribution in [0.25, 0.3) is 0 Å². The van der Waals surface area contributed by atoms with Crippen molar-refractivity contribution in [1.29, 1.82) is 0 Å². The number of anilines is 1. The largest absolute Gasteiger partial charge is 0.398 e. The van der Waals surface area contributed by atoms with Crippen molar-refractivity contribution in [3.8, 4) is 0 Å². The first-order valence-corrected chi connectivity index (χ1v) is 10.1. The van der Waals surface area contributed by atoms with Crippen LogP contribution in [0.1, 0.15) is 35.2 Å². The minimum atomic E-state index is -3.43. The zero-order chi connectivity index (χ0) is 18.6. The number of sulfonamides is 1. The van der Waals surface area contributed by atoms with E-state index in [1.54, 1.807) is 52.8 Å². The van der Waals surface area contributed by atoms with E-state index in [0.717, 1.165) is 24.8 Å². The van der Waals surface area contributed by atoms with Crippen LogP contribution in [0.3, 0.4) is 0 Å². The lowest BCUT2D eigenvalue weighted by atomic mass is 10.1. The standard InChI is InChI=1S/C19H23N3O3S/c20-18-7-3-2-6-17(18)19(23)21-14-15-8-10-16(11-9-15)26(24,25)22-12-4-1-5-13-22/h2-3,6-11H,1,4-5,12-14,20H2,(H,21,23). The number of amides is 1. The molecule has 1 saturated heterocycles.